The topological polar surface area (TPSA) is 49.9 Å². The Morgan fingerprint density at radius 3 is 2.44 bits per heavy atom. The molecule has 3 saturated heterocycles. The molecule has 3 aliphatic rings. The number of ether oxygens (including phenoxy) is 1. The molecular weight excluding hydrogens is 340 g/mol. The summed E-state index contributed by atoms with van der Waals surface area (Å²) >= 11 is 0. The highest BCUT2D eigenvalue weighted by molar-refractivity contribution is 5.83. The Hall–Kier alpha value is -1.88. The highest BCUT2D eigenvalue weighted by Crippen LogP contribution is 2.45. The zero-order valence-electron chi connectivity index (χ0n) is 16.1. The number of hydrogen-bond donors (Lipinski definition) is 0. The Morgan fingerprint density at radius 1 is 1.04 bits per heavy atom. The number of nitrogens with zero attached hydrogens (tertiary/aromatic N) is 2. The number of amides is 2. The summed E-state index contributed by atoms with van der Waals surface area (Å²) in [6.45, 7) is 4.47. The second-order valence-electron chi connectivity index (χ2n) is 8.32. The average molecular weight is 370 g/mol. The minimum Gasteiger partial charge on any atom is -0.381 e. The summed E-state index contributed by atoms with van der Waals surface area (Å²) in [7, 11) is 0. The number of carbonyl (C=O) groups excluding carboxylic acids is 2. The van der Waals surface area contributed by atoms with Crippen molar-refractivity contribution in [3.63, 3.8) is 0 Å². The molecule has 3 aliphatic heterocycles. The average Bonchev–Trinajstić information content (AvgIpc) is 3.36. The Kier molecular flexibility index (Phi) is 5.48. The highest BCUT2D eigenvalue weighted by atomic mass is 16.5. The minimum absolute atomic E-state index is 0.0554. The minimum atomic E-state index is -0.0830. The van der Waals surface area contributed by atoms with E-state index in [1.165, 1.54) is 5.56 Å². The summed E-state index contributed by atoms with van der Waals surface area (Å²) in [5, 5.41) is 0. The van der Waals surface area contributed by atoms with Crippen molar-refractivity contribution >= 4 is 11.8 Å². The first-order valence-corrected chi connectivity index (χ1v) is 10.4. The standard InChI is InChI=1S/C22H30N2O3/c25-20(9-8-18-6-2-1-3-7-18)24-16-19(21(26)23-12-4-5-13-23)22(17-24)10-14-27-15-11-22/h1-3,6-7,19H,4-5,8-17H2. The lowest BCUT2D eigenvalue weighted by molar-refractivity contribution is -0.139. The number of hydrogen-bond acceptors (Lipinski definition) is 3. The van der Waals surface area contributed by atoms with Gasteiger partial charge in [0.05, 0.1) is 5.92 Å². The van der Waals surface area contributed by atoms with Crippen molar-refractivity contribution in [2.24, 2.45) is 11.3 Å². The smallest absolute Gasteiger partial charge is 0.228 e. The molecule has 1 atom stereocenters. The van der Waals surface area contributed by atoms with Crippen LogP contribution >= 0.6 is 0 Å². The Labute approximate surface area is 161 Å². The molecule has 0 aliphatic carbocycles. The number of rotatable bonds is 4. The van der Waals surface area contributed by atoms with E-state index >= 15 is 0 Å². The highest BCUT2D eigenvalue weighted by Gasteiger charge is 2.52. The lowest BCUT2D eigenvalue weighted by atomic mass is 9.71. The second-order valence-corrected chi connectivity index (χ2v) is 8.32. The third-order valence-corrected chi connectivity index (χ3v) is 6.68. The molecule has 27 heavy (non-hydrogen) atoms. The van der Waals surface area contributed by atoms with Gasteiger partial charge in [-0.3, -0.25) is 9.59 Å². The number of carbonyl (C=O) groups is 2. The number of likely N-dealkylation sites (tertiary alicyclic amines) is 2. The van der Waals surface area contributed by atoms with Gasteiger partial charge in [0.15, 0.2) is 0 Å². The molecule has 0 radical (unpaired) electrons. The number of benzene rings is 1. The molecule has 0 N–H and O–H groups in total. The predicted molar refractivity (Wildman–Crippen MR) is 103 cm³/mol. The van der Waals surface area contributed by atoms with Crippen molar-refractivity contribution in [2.45, 2.75) is 38.5 Å². The van der Waals surface area contributed by atoms with Gasteiger partial charge in [-0.25, -0.2) is 0 Å². The van der Waals surface area contributed by atoms with Crippen LogP contribution in [0, 0.1) is 11.3 Å². The Bertz CT molecular complexity index is 663. The maximum absolute atomic E-state index is 13.2. The van der Waals surface area contributed by atoms with Crippen molar-refractivity contribution < 1.29 is 14.3 Å². The van der Waals surface area contributed by atoms with E-state index in [-0.39, 0.29) is 23.1 Å². The van der Waals surface area contributed by atoms with Gasteiger partial charge in [0.2, 0.25) is 11.8 Å². The zero-order chi connectivity index (χ0) is 18.7. The van der Waals surface area contributed by atoms with Gasteiger partial charge in [-0.2, -0.15) is 0 Å². The molecule has 2 amide bonds. The lowest BCUT2D eigenvalue weighted by Crippen LogP contribution is -2.45. The second kappa shape index (κ2) is 8.01. The van der Waals surface area contributed by atoms with Gasteiger partial charge < -0.3 is 14.5 Å². The van der Waals surface area contributed by atoms with Gasteiger partial charge in [-0.05, 0) is 37.7 Å². The van der Waals surface area contributed by atoms with E-state index < -0.39 is 0 Å². The van der Waals surface area contributed by atoms with Crippen molar-refractivity contribution in [3.8, 4) is 0 Å². The Balaban J connectivity index is 1.44. The maximum atomic E-state index is 13.2. The largest absolute Gasteiger partial charge is 0.381 e. The molecule has 5 nitrogen and oxygen atoms in total. The van der Waals surface area contributed by atoms with Gasteiger partial charge in [0, 0.05) is 51.2 Å². The van der Waals surface area contributed by atoms with Gasteiger partial charge in [-0.1, -0.05) is 30.3 Å². The van der Waals surface area contributed by atoms with Crippen LogP contribution in [0.2, 0.25) is 0 Å². The van der Waals surface area contributed by atoms with Crippen LogP contribution in [0.3, 0.4) is 0 Å². The summed E-state index contributed by atoms with van der Waals surface area (Å²) in [4.78, 5) is 30.1. The van der Waals surface area contributed by atoms with Crippen LogP contribution in [0.4, 0.5) is 0 Å². The van der Waals surface area contributed by atoms with E-state index in [0.29, 0.717) is 32.7 Å². The van der Waals surface area contributed by atoms with Gasteiger partial charge in [0.1, 0.15) is 0 Å². The first-order valence-electron chi connectivity index (χ1n) is 10.4. The third kappa shape index (κ3) is 3.88. The predicted octanol–water partition coefficient (Wildman–Crippen LogP) is 2.50. The molecule has 3 heterocycles. The fraction of sp³-hybridized carbons (Fsp3) is 0.636. The summed E-state index contributed by atoms with van der Waals surface area (Å²) in [5.41, 5.74) is 1.11. The van der Waals surface area contributed by atoms with Crippen LogP contribution in [0.25, 0.3) is 0 Å². The van der Waals surface area contributed by atoms with Crippen LogP contribution in [-0.2, 0) is 20.7 Å². The summed E-state index contributed by atoms with van der Waals surface area (Å²) in [5.74, 6) is 0.398. The first kappa shape index (κ1) is 18.5. The molecule has 5 heteroatoms. The van der Waals surface area contributed by atoms with Gasteiger partial charge in [0.25, 0.3) is 0 Å². The van der Waals surface area contributed by atoms with Crippen molar-refractivity contribution in [1.82, 2.24) is 9.80 Å². The summed E-state index contributed by atoms with van der Waals surface area (Å²) in [6.07, 6.45) is 5.26. The first-order chi connectivity index (χ1) is 13.2. The fourth-order valence-electron chi connectivity index (χ4n) is 5.00. The molecule has 1 spiro atoms. The molecule has 1 aromatic carbocycles. The van der Waals surface area contributed by atoms with E-state index in [9.17, 15) is 9.59 Å². The number of aryl methyl sites for hydroxylation is 1. The van der Waals surface area contributed by atoms with Crippen molar-refractivity contribution in [2.75, 3.05) is 39.4 Å². The van der Waals surface area contributed by atoms with E-state index in [1.807, 2.05) is 28.0 Å². The monoisotopic (exact) mass is 370 g/mol. The van der Waals surface area contributed by atoms with E-state index in [4.69, 9.17) is 4.74 Å². The Morgan fingerprint density at radius 2 is 1.74 bits per heavy atom. The van der Waals surface area contributed by atoms with Crippen LogP contribution in [0.15, 0.2) is 30.3 Å². The van der Waals surface area contributed by atoms with Crippen LogP contribution in [0.1, 0.15) is 37.7 Å². The third-order valence-electron chi connectivity index (χ3n) is 6.68. The molecule has 0 saturated carbocycles. The zero-order valence-corrected chi connectivity index (χ0v) is 16.1. The van der Waals surface area contributed by atoms with E-state index in [2.05, 4.69) is 12.1 Å². The molecule has 146 valence electrons. The van der Waals surface area contributed by atoms with Gasteiger partial charge >= 0.3 is 0 Å². The molecule has 4 rings (SSSR count). The summed E-state index contributed by atoms with van der Waals surface area (Å²) in [6, 6.07) is 10.2. The van der Waals surface area contributed by atoms with E-state index in [0.717, 1.165) is 45.2 Å². The molecular formula is C22H30N2O3. The van der Waals surface area contributed by atoms with Crippen molar-refractivity contribution in [1.29, 1.82) is 0 Å². The lowest BCUT2D eigenvalue weighted by Gasteiger charge is -2.38. The molecule has 1 unspecified atom stereocenters. The molecule has 1 aromatic rings. The van der Waals surface area contributed by atoms with Crippen LogP contribution in [0.5, 0.6) is 0 Å². The molecule has 0 aromatic heterocycles. The van der Waals surface area contributed by atoms with E-state index in [1.54, 1.807) is 0 Å². The normalized spacial score (nSPS) is 24.5. The molecule has 3 fully saturated rings. The molecule has 0 bridgehead atoms. The summed E-state index contributed by atoms with van der Waals surface area (Å²) < 4.78 is 5.58. The quantitative estimate of drug-likeness (QED) is 0.818. The van der Waals surface area contributed by atoms with Gasteiger partial charge in [-0.15, -0.1) is 0 Å². The fourth-order valence-corrected chi connectivity index (χ4v) is 5.00. The van der Waals surface area contributed by atoms with Crippen LogP contribution < -0.4 is 0 Å². The van der Waals surface area contributed by atoms with Crippen LogP contribution in [-0.4, -0.2) is 61.0 Å². The maximum Gasteiger partial charge on any atom is 0.228 e. The SMILES string of the molecule is O=C(CCc1ccccc1)N1CC(C(=O)N2CCCC2)C2(CCOCC2)C1. The van der Waals surface area contributed by atoms with Crippen molar-refractivity contribution in [3.05, 3.63) is 35.9 Å².